The molecule has 0 saturated heterocycles. The van der Waals surface area contributed by atoms with Crippen molar-refractivity contribution >= 4 is 5.91 Å². The van der Waals surface area contributed by atoms with Crippen molar-refractivity contribution in [3.05, 3.63) is 32.6 Å². The summed E-state index contributed by atoms with van der Waals surface area (Å²) in [5.74, 6) is -0.145. The number of carbonyl (C=O) groups is 1. The zero-order valence-corrected chi connectivity index (χ0v) is 10.8. The summed E-state index contributed by atoms with van der Waals surface area (Å²) in [6.45, 7) is 0. The number of carbonyl (C=O) groups excluding carboxylic acids is 1. The van der Waals surface area contributed by atoms with Gasteiger partial charge in [0.1, 0.15) is 0 Å². The Hall–Kier alpha value is -1.85. The fourth-order valence-electron chi connectivity index (χ4n) is 2.49. The first kappa shape index (κ1) is 13.6. The summed E-state index contributed by atoms with van der Waals surface area (Å²) in [5, 5.41) is 2.97. The Labute approximate surface area is 110 Å². The number of rotatable bonds is 3. The van der Waals surface area contributed by atoms with Gasteiger partial charge in [0.25, 0.3) is 5.56 Å². The zero-order valence-electron chi connectivity index (χ0n) is 10.8. The van der Waals surface area contributed by atoms with Crippen molar-refractivity contribution in [2.45, 2.75) is 51.0 Å². The number of aromatic amines is 2. The lowest BCUT2D eigenvalue weighted by molar-refractivity contribution is -0.121. The lowest BCUT2D eigenvalue weighted by Crippen LogP contribution is -2.36. The highest BCUT2D eigenvalue weighted by molar-refractivity contribution is 5.78. The molecule has 1 aromatic heterocycles. The molecule has 0 unspecified atom stereocenters. The SMILES string of the molecule is O=C(Cc1cc(=O)[nH]c(=O)[nH]1)NC1CCCCCC1. The minimum absolute atomic E-state index is 0.0374. The van der Waals surface area contributed by atoms with Crippen molar-refractivity contribution in [2.75, 3.05) is 0 Å². The first-order valence-electron chi connectivity index (χ1n) is 6.75. The Morgan fingerprint density at radius 3 is 2.47 bits per heavy atom. The van der Waals surface area contributed by atoms with Gasteiger partial charge in [0, 0.05) is 17.8 Å². The van der Waals surface area contributed by atoms with Crippen LogP contribution in [-0.4, -0.2) is 21.9 Å². The van der Waals surface area contributed by atoms with Gasteiger partial charge in [0.2, 0.25) is 5.91 Å². The molecular formula is C13H19N3O3. The molecular weight excluding hydrogens is 246 g/mol. The maximum Gasteiger partial charge on any atom is 0.325 e. The highest BCUT2D eigenvalue weighted by atomic mass is 16.2. The monoisotopic (exact) mass is 265 g/mol. The third-order valence-corrected chi connectivity index (χ3v) is 3.39. The molecule has 1 amide bonds. The third kappa shape index (κ3) is 4.39. The average molecular weight is 265 g/mol. The summed E-state index contributed by atoms with van der Waals surface area (Å²) in [6.07, 6.45) is 6.81. The second kappa shape index (κ2) is 6.36. The molecule has 2 rings (SSSR count). The number of nitrogens with one attached hydrogen (secondary N) is 3. The molecule has 1 aromatic rings. The van der Waals surface area contributed by atoms with E-state index in [1.54, 1.807) is 0 Å². The van der Waals surface area contributed by atoms with Crippen LogP contribution in [0.15, 0.2) is 15.7 Å². The number of hydrogen-bond donors (Lipinski definition) is 3. The third-order valence-electron chi connectivity index (χ3n) is 3.39. The van der Waals surface area contributed by atoms with Gasteiger partial charge in [-0.25, -0.2) is 4.79 Å². The van der Waals surface area contributed by atoms with Crippen LogP contribution in [0.2, 0.25) is 0 Å². The van der Waals surface area contributed by atoms with Crippen LogP contribution in [0.25, 0.3) is 0 Å². The maximum atomic E-state index is 11.9. The van der Waals surface area contributed by atoms with Gasteiger partial charge in [-0.2, -0.15) is 0 Å². The van der Waals surface area contributed by atoms with Gasteiger partial charge in [0.15, 0.2) is 0 Å². The van der Waals surface area contributed by atoms with E-state index in [0.29, 0.717) is 5.69 Å². The summed E-state index contributed by atoms with van der Waals surface area (Å²) in [5.41, 5.74) is -0.717. The minimum atomic E-state index is -0.579. The van der Waals surface area contributed by atoms with Crippen LogP contribution in [0.3, 0.4) is 0 Å². The topological polar surface area (TPSA) is 94.8 Å². The second-order valence-corrected chi connectivity index (χ2v) is 5.05. The maximum absolute atomic E-state index is 11.9. The van der Waals surface area contributed by atoms with E-state index in [9.17, 15) is 14.4 Å². The normalized spacial score (nSPS) is 16.8. The Bertz CT molecular complexity index is 510. The molecule has 0 atom stereocenters. The van der Waals surface area contributed by atoms with Crippen LogP contribution >= 0.6 is 0 Å². The van der Waals surface area contributed by atoms with Crippen LogP contribution in [-0.2, 0) is 11.2 Å². The van der Waals surface area contributed by atoms with Crippen molar-refractivity contribution in [2.24, 2.45) is 0 Å². The van der Waals surface area contributed by atoms with Crippen molar-refractivity contribution in [1.29, 1.82) is 0 Å². The summed E-state index contributed by atoms with van der Waals surface area (Å²) in [7, 11) is 0. The zero-order chi connectivity index (χ0) is 13.7. The molecule has 6 nitrogen and oxygen atoms in total. The molecule has 0 bridgehead atoms. The molecule has 6 heteroatoms. The predicted octanol–water partition coefficient (Wildman–Crippen LogP) is 0.445. The fraction of sp³-hybridized carbons (Fsp3) is 0.615. The smallest absolute Gasteiger partial charge is 0.325 e. The van der Waals surface area contributed by atoms with Crippen LogP contribution < -0.4 is 16.6 Å². The van der Waals surface area contributed by atoms with Crippen LogP contribution in [0.4, 0.5) is 0 Å². The van der Waals surface area contributed by atoms with Gasteiger partial charge in [-0.3, -0.25) is 14.6 Å². The summed E-state index contributed by atoms with van der Waals surface area (Å²) in [6, 6.07) is 1.47. The predicted molar refractivity (Wildman–Crippen MR) is 71.0 cm³/mol. The van der Waals surface area contributed by atoms with E-state index in [1.807, 2.05) is 0 Å². The number of aromatic nitrogens is 2. The molecule has 1 heterocycles. The van der Waals surface area contributed by atoms with Crippen molar-refractivity contribution in [1.82, 2.24) is 15.3 Å². The molecule has 1 aliphatic carbocycles. The Morgan fingerprint density at radius 1 is 1.16 bits per heavy atom. The molecule has 0 aromatic carbocycles. The van der Waals surface area contributed by atoms with Gasteiger partial charge in [-0.05, 0) is 12.8 Å². The van der Waals surface area contributed by atoms with Crippen LogP contribution in [0.1, 0.15) is 44.2 Å². The highest BCUT2D eigenvalue weighted by Crippen LogP contribution is 2.17. The van der Waals surface area contributed by atoms with Gasteiger partial charge in [0.05, 0.1) is 6.42 Å². The molecule has 1 fully saturated rings. The minimum Gasteiger partial charge on any atom is -0.353 e. The lowest BCUT2D eigenvalue weighted by Gasteiger charge is -2.15. The van der Waals surface area contributed by atoms with E-state index < -0.39 is 11.2 Å². The standard InChI is InChI=1S/C13H19N3O3/c17-11(14-9-5-3-1-2-4-6-9)7-10-8-12(18)16-13(19)15-10/h8-9H,1-7H2,(H,14,17)(H2,15,16,18,19). The Kier molecular flexibility index (Phi) is 4.54. The largest absolute Gasteiger partial charge is 0.353 e. The molecule has 0 radical (unpaired) electrons. The Balaban J connectivity index is 1.93. The van der Waals surface area contributed by atoms with E-state index >= 15 is 0 Å². The molecule has 1 aliphatic rings. The molecule has 1 saturated carbocycles. The van der Waals surface area contributed by atoms with Crippen LogP contribution in [0, 0.1) is 0 Å². The van der Waals surface area contributed by atoms with Gasteiger partial charge >= 0.3 is 5.69 Å². The molecule has 0 spiro atoms. The van der Waals surface area contributed by atoms with Crippen LogP contribution in [0.5, 0.6) is 0 Å². The number of H-pyrrole nitrogens is 2. The van der Waals surface area contributed by atoms with Gasteiger partial charge < -0.3 is 10.3 Å². The first-order chi connectivity index (χ1) is 9.13. The van der Waals surface area contributed by atoms with E-state index in [0.717, 1.165) is 25.7 Å². The first-order valence-corrected chi connectivity index (χ1v) is 6.75. The second-order valence-electron chi connectivity index (χ2n) is 5.05. The molecule has 104 valence electrons. The van der Waals surface area contributed by atoms with E-state index in [1.165, 1.54) is 18.9 Å². The Morgan fingerprint density at radius 2 is 1.84 bits per heavy atom. The van der Waals surface area contributed by atoms with Crippen molar-refractivity contribution < 1.29 is 4.79 Å². The number of hydrogen-bond acceptors (Lipinski definition) is 3. The lowest BCUT2D eigenvalue weighted by atomic mass is 10.1. The number of amides is 1. The van der Waals surface area contributed by atoms with Crippen molar-refractivity contribution in [3.63, 3.8) is 0 Å². The molecule has 3 N–H and O–H groups in total. The summed E-state index contributed by atoms with van der Waals surface area (Å²) < 4.78 is 0. The fourth-order valence-corrected chi connectivity index (χ4v) is 2.49. The van der Waals surface area contributed by atoms with E-state index in [4.69, 9.17) is 0 Å². The molecule has 0 aliphatic heterocycles. The van der Waals surface area contributed by atoms with Crippen molar-refractivity contribution in [3.8, 4) is 0 Å². The average Bonchev–Trinajstić information content (AvgIpc) is 2.55. The van der Waals surface area contributed by atoms with E-state index in [2.05, 4.69) is 15.3 Å². The van der Waals surface area contributed by atoms with Gasteiger partial charge in [-0.1, -0.05) is 25.7 Å². The van der Waals surface area contributed by atoms with Gasteiger partial charge in [-0.15, -0.1) is 0 Å². The molecule has 19 heavy (non-hydrogen) atoms. The summed E-state index contributed by atoms with van der Waals surface area (Å²) in [4.78, 5) is 38.6. The quantitative estimate of drug-likeness (QED) is 0.692. The summed E-state index contributed by atoms with van der Waals surface area (Å²) >= 11 is 0. The van der Waals surface area contributed by atoms with E-state index in [-0.39, 0.29) is 18.4 Å². The highest BCUT2D eigenvalue weighted by Gasteiger charge is 2.15.